The number of nitrogens with zero attached hydrogens (tertiary/aromatic N) is 1. The summed E-state index contributed by atoms with van der Waals surface area (Å²) in [5.41, 5.74) is 1.46. The molecule has 1 heterocycles. The summed E-state index contributed by atoms with van der Waals surface area (Å²) in [6.07, 6.45) is 6.81. The molecule has 1 aromatic rings. The summed E-state index contributed by atoms with van der Waals surface area (Å²) in [7, 11) is 0. The third kappa shape index (κ3) is 1.45. The molecule has 0 amide bonds. The zero-order valence-corrected chi connectivity index (χ0v) is 7.28. The van der Waals surface area contributed by atoms with Crippen molar-refractivity contribution in [2.24, 2.45) is 0 Å². The molecule has 0 aliphatic heterocycles. The van der Waals surface area contributed by atoms with Crippen molar-refractivity contribution in [1.29, 1.82) is 0 Å². The highest BCUT2D eigenvalue weighted by molar-refractivity contribution is 5.92. The number of allylic oxidation sites excluding steroid dienone is 4. The molecule has 0 radical (unpaired) electrons. The largest absolute Gasteiger partial charge is 0.356 e. The van der Waals surface area contributed by atoms with E-state index >= 15 is 0 Å². The highest BCUT2D eigenvalue weighted by atomic mass is 16.5. The van der Waals surface area contributed by atoms with Crippen LogP contribution in [0, 0.1) is 0 Å². The van der Waals surface area contributed by atoms with Gasteiger partial charge in [-0.1, -0.05) is 23.4 Å². The topological polar surface area (TPSA) is 43.1 Å². The van der Waals surface area contributed by atoms with E-state index in [-0.39, 0.29) is 5.78 Å². The molecular weight excluding hydrogens is 166 g/mol. The second kappa shape index (κ2) is 3.01. The van der Waals surface area contributed by atoms with Crippen LogP contribution in [0.3, 0.4) is 0 Å². The van der Waals surface area contributed by atoms with E-state index in [1.807, 2.05) is 18.2 Å². The standard InChI is InChI=1S/C10H9NO2/c1-7(12)9-6-10(13-11-9)8-4-2-3-5-8/h2-4,6H,5H2,1H3. The first-order valence-corrected chi connectivity index (χ1v) is 4.11. The Bertz CT molecular complexity index is 399. The monoisotopic (exact) mass is 175 g/mol. The van der Waals surface area contributed by atoms with Gasteiger partial charge < -0.3 is 4.52 Å². The van der Waals surface area contributed by atoms with Crippen molar-refractivity contribution in [2.75, 3.05) is 0 Å². The van der Waals surface area contributed by atoms with E-state index in [1.165, 1.54) is 6.92 Å². The van der Waals surface area contributed by atoms with Gasteiger partial charge in [-0.3, -0.25) is 4.79 Å². The first-order valence-electron chi connectivity index (χ1n) is 4.11. The minimum Gasteiger partial charge on any atom is -0.356 e. The van der Waals surface area contributed by atoms with Crippen LogP contribution in [0.1, 0.15) is 29.6 Å². The number of rotatable bonds is 2. The Balaban J connectivity index is 2.28. The van der Waals surface area contributed by atoms with Gasteiger partial charge in [-0.15, -0.1) is 0 Å². The summed E-state index contributed by atoms with van der Waals surface area (Å²) in [5, 5.41) is 3.67. The molecule has 0 saturated heterocycles. The fraction of sp³-hybridized carbons (Fsp3) is 0.200. The normalized spacial score (nSPS) is 14.7. The maximum absolute atomic E-state index is 10.9. The van der Waals surface area contributed by atoms with Crippen LogP contribution >= 0.6 is 0 Å². The number of aromatic nitrogens is 1. The van der Waals surface area contributed by atoms with Crippen molar-refractivity contribution in [3.8, 4) is 0 Å². The van der Waals surface area contributed by atoms with Gasteiger partial charge in [0.1, 0.15) is 5.69 Å². The van der Waals surface area contributed by atoms with Gasteiger partial charge in [0.15, 0.2) is 11.5 Å². The molecule has 0 atom stereocenters. The third-order valence-corrected chi connectivity index (χ3v) is 1.96. The van der Waals surface area contributed by atoms with Crippen molar-refractivity contribution >= 4 is 11.4 Å². The predicted molar refractivity (Wildman–Crippen MR) is 48.2 cm³/mol. The summed E-state index contributed by atoms with van der Waals surface area (Å²) in [6.45, 7) is 1.48. The number of Topliss-reactive ketones (excluding diaryl/α,β-unsaturated/α-hetero) is 1. The summed E-state index contributed by atoms with van der Waals surface area (Å²) in [4.78, 5) is 10.9. The van der Waals surface area contributed by atoms with Gasteiger partial charge in [0.05, 0.1) is 0 Å². The second-order valence-electron chi connectivity index (χ2n) is 2.96. The molecule has 3 nitrogen and oxygen atoms in total. The Morgan fingerprint density at radius 1 is 1.62 bits per heavy atom. The second-order valence-corrected chi connectivity index (χ2v) is 2.96. The fourth-order valence-electron chi connectivity index (χ4n) is 1.22. The van der Waals surface area contributed by atoms with Crippen LogP contribution in [0.25, 0.3) is 5.57 Å². The molecule has 2 rings (SSSR count). The van der Waals surface area contributed by atoms with Gasteiger partial charge in [-0.25, -0.2) is 0 Å². The van der Waals surface area contributed by atoms with E-state index in [4.69, 9.17) is 4.52 Å². The number of carbonyl (C=O) groups excluding carboxylic acids is 1. The lowest BCUT2D eigenvalue weighted by Gasteiger charge is -1.90. The molecular formula is C10H9NO2. The number of hydrogen-bond donors (Lipinski definition) is 0. The molecule has 0 fully saturated rings. The zero-order chi connectivity index (χ0) is 9.26. The van der Waals surface area contributed by atoms with Crippen molar-refractivity contribution in [3.05, 3.63) is 35.7 Å². The lowest BCUT2D eigenvalue weighted by Crippen LogP contribution is -1.89. The Labute approximate surface area is 75.7 Å². The Morgan fingerprint density at radius 2 is 2.46 bits per heavy atom. The number of hydrogen-bond acceptors (Lipinski definition) is 3. The van der Waals surface area contributed by atoms with Crippen LogP contribution in [-0.2, 0) is 0 Å². The molecule has 1 aliphatic carbocycles. The molecule has 0 spiro atoms. The number of ketones is 1. The minimum atomic E-state index is -0.0680. The average Bonchev–Trinajstić information content (AvgIpc) is 2.75. The number of carbonyl (C=O) groups is 1. The van der Waals surface area contributed by atoms with Crippen LogP contribution in [-0.4, -0.2) is 10.9 Å². The lowest BCUT2D eigenvalue weighted by atomic mass is 10.1. The van der Waals surface area contributed by atoms with E-state index in [1.54, 1.807) is 6.07 Å². The van der Waals surface area contributed by atoms with E-state index in [9.17, 15) is 4.79 Å². The molecule has 66 valence electrons. The first-order chi connectivity index (χ1) is 6.27. The Kier molecular flexibility index (Phi) is 1.85. The van der Waals surface area contributed by atoms with Crippen molar-refractivity contribution in [1.82, 2.24) is 5.16 Å². The predicted octanol–water partition coefficient (Wildman–Crippen LogP) is 2.22. The maximum atomic E-state index is 10.9. The molecule has 3 heteroatoms. The summed E-state index contributed by atoms with van der Waals surface area (Å²) >= 11 is 0. The Morgan fingerprint density at radius 3 is 3.00 bits per heavy atom. The molecule has 0 bridgehead atoms. The smallest absolute Gasteiger partial charge is 0.181 e. The van der Waals surface area contributed by atoms with Gasteiger partial charge in [-0.2, -0.15) is 0 Å². The molecule has 0 saturated carbocycles. The van der Waals surface area contributed by atoms with Crippen LogP contribution < -0.4 is 0 Å². The van der Waals surface area contributed by atoms with E-state index < -0.39 is 0 Å². The van der Waals surface area contributed by atoms with Gasteiger partial charge >= 0.3 is 0 Å². The molecule has 1 aromatic heterocycles. The molecule has 0 aromatic carbocycles. The van der Waals surface area contributed by atoms with Crippen LogP contribution in [0.2, 0.25) is 0 Å². The van der Waals surface area contributed by atoms with Crippen molar-refractivity contribution in [2.45, 2.75) is 13.3 Å². The van der Waals surface area contributed by atoms with E-state index in [0.717, 1.165) is 12.0 Å². The summed E-state index contributed by atoms with van der Waals surface area (Å²) in [5.74, 6) is 0.622. The zero-order valence-electron chi connectivity index (χ0n) is 7.28. The van der Waals surface area contributed by atoms with Crippen molar-refractivity contribution < 1.29 is 9.32 Å². The van der Waals surface area contributed by atoms with Crippen molar-refractivity contribution in [3.63, 3.8) is 0 Å². The summed E-state index contributed by atoms with van der Waals surface area (Å²) in [6, 6.07) is 1.68. The molecule has 0 unspecified atom stereocenters. The average molecular weight is 175 g/mol. The van der Waals surface area contributed by atoms with Gasteiger partial charge in [-0.05, 0) is 6.42 Å². The summed E-state index contributed by atoms with van der Waals surface area (Å²) < 4.78 is 5.03. The third-order valence-electron chi connectivity index (χ3n) is 1.96. The highest BCUT2D eigenvalue weighted by Gasteiger charge is 2.12. The fourth-order valence-corrected chi connectivity index (χ4v) is 1.22. The van der Waals surface area contributed by atoms with Gasteiger partial charge in [0, 0.05) is 18.6 Å². The molecule has 1 aliphatic rings. The van der Waals surface area contributed by atoms with Gasteiger partial charge in [0.2, 0.25) is 0 Å². The Hall–Kier alpha value is -1.64. The lowest BCUT2D eigenvalue weighted by molar-refractivity contribution is 0.100. The van der Waals surface area contributed by atoms with Crippen LogP contribution in [0.15, 0.2) is 28.8 Å². The van der Waals surface area contributed by atoms with Gasteiger partial charge in [0.25, 0.3) is 0 Å². The highest BCUT2D eigenvalue weighted by Crippen LogP contribution is 2.23. The quantitative estimate of drug-likeness (QED) is 0.647. The molecule has 0 N–H and O–H groups in total. The first kappa shape index (κ1) is 7.98. The van der Waals surface area contributed by atoms with Crippen LogP contribution in [0.4, 0.5) is 0 Å². The van der Waals surface area contributed by atoms with E-state index in [0.29, 0.717) is 11.5 Å². The van der Waals surface area contributed by atoms with E-state index in [2.05, 4.69) is 5.16 Å². The van der Waals surface area contributed by atoms with Crippen LogP contribution in [0.5, 0.6) is 0 Å². The maximum Gasteiger partial charge on any atom is 0.181 e. The SMILES string of the molecule is CC(=O)c1cc(C2=CC=CC2)on1. The molecule has 13 heavy (non-hydrogen) atoms. The minimum absolute atomic E-state index is 0.0680.